The van der Waals surface area contributed by atoms with Crippen molar-refractivity contribution in [2.24, 2.45) is 0 Å². The maximum atomic E-state index is 13.9. The number of nitrogens with zero attached hydrogens (tertiary/aromatic N) is 1. The van der Waals surface area contributed by atoms with Gasteiger partial charge in [-0.25, -0.2) is 4.39 Å². The highest BCUT2D eigenvalue weighted by atomic mass is 35.5. The van der Waals surface area contributed by atoms with Gasteiger partial charge in [0.05, 0.1) is 12.1 Å². The second kappa shape index (κ2) is 5.51. The zero-order chi connectivity index (χ0) is 15.0. The van der Waals surface area contributed by atoms with Gasteiger partial charge in [0, 0.05) is 32.8 Å². The van der Waals surface area contributed by atoms with Crippen LogP contribution >= 0.6 is 23.2 Å². The third-order valence-electron chi connectivity index (χ3n) is 3.39. The van der Waals surface area contributed by atoms with Crippen molar-refractivity contribution in [1.82, 2.24) is 4.57 Å². The Morgan fingerprint density at radius 2 is 2.00 bits per heavy atom. The number of aromatic nitrogens is 1. The van der Waals surface area contributed by atoms with Crippen molar-refractivity contribution in [3.05, 3.63) is 69.6 Å². The summed E-state index contributed by atoms with van der Waals surface area (Å²) in [7, 11) is 0. The van der Waals surface area contributed by atoms with Crippen molar-refractivity contribution < 1.29 is 9.18 Å². The van der Waals surface area contributed by atoms with E-state index in [4.69, 9.17) is 23.2 Å². The Labute approximate surface area is 130 Å². The molecular formula is C16H10Cl2FNO. The summed E-state index contributed by atoms with van der Waals surface area (Å²) in [6, 6.07) is 9.80. The molecule has 0 amide bonds. The first-order valence-corrected chi connectivity index (χ1v) is 7.02. The van der Waals surface area contributed by atoms with Crippen LogP contribution in [-0.4, -0.2) is 10.9 Å². The molecule has 2 nitrogen and oxygen atoms in total. The lowest BCUT2D eigenvalue weighted by molar-refractivity contribution is 0.112. The second-order valence-corrected chi connectivity index (χ2v) is 5.54. The summed E-state index contributed by atoms with van der Waals surface area (Å²) in [5.74, 6) is -0.376. The molecule has 0 spiro atoms. The van der Waals surface area contributed by atoms with Crippen LogP contribution in [-0.2, 0) is 6.54 Å². The smallest absolute Gasteiger partial charge is 0.152 e. The summed E-state index contributed by atoms with van der Waals surface area (Å²) in [6.45, 7) is 0.232. The lowest BCUT2D eigenvalue weighted by Crippen LogP contribution is -2.01. The fraction of sp³-hybridized carbons (Fsp3) is 0.0625. The zero-order valence-corrected chi connectivity index (χ0v) is 12.3. The average molecular weight is 322 g/mol. The van der Waals surface area contributed by atoms with Crippen LogP contribution < -0.4 is 0 Å². The molecule has 0 saturated carbocycles. The lowest BCUT2D eigenvalue weighted by Gasteiger charge is -2.09. The minimum atomic E-state index is -0.376. The number of rotatable bonds is 3. The van der Waals surface area contributed by atoms with E-state index in [-0.39, 0.29) is 12.4 Å². The molecular weight excluding hydrogens is 312 g/mol. The van der Waals surface area contributed by atoms with Crippen molar-refractivity contribution in [1.29, 1.82) is 0 Å². The van der Waals surface area contributed by atoms with E-state index < -0.39 is 0 Å². The van der Waals surface area contributed by atoms with Gasteiger partial charge in [0.15, 0.2) is 6.29 Å². The van der Waals surface area contributed by atoms with E-state index in [1.54, 1.807) is 41.1 Å². The molecule has 0 aliphatic carbocycles. The van der Waals surface area contributed by atoms with E-state index in [0.717, 1.165) is 17.2 Å². The quantitative estimate of drug-likeness (QED) is 0.626. The third kappa shape index (κ3) is 2.55. The minimum absolute atomic E-state index is 0.232. The van der Waals surface area contributed by atoms with Crippen LogP contribution in [0.1, 0.15) is 15.9 Å². The molecule has 5 heteroatoms. The summed E-state index contributed by atoms with van der Waals surface area (Å²) >= 11 is 12.1. The average Bonchev–Trinajstić information content (AvgIpc) is 2.80. The van der Waals surface area contributed by atoms with E-state index in [9.17, 15) is 9.18 Å². The topological polar surface area (TPSA) is 22.0 Å². The highest BCUT2D eigenvalue weighted by molar-refractivity contribution is 6.31. The summed E-state index contributed by atoms with van der Waals surface area (Å²) in [5, 5.41) is 1.69. The highest BCUT2D eigenvalue weighted by Crippen LogP contribution is 2.27. The molecule has 21 heavy (non-hydrogen) atoms. The molecule has 3 rings (SSSR count). The standard InChI is InChI=1S/C16H10Cl2FNO/c17-11-4-5-12-10(9-21)7-20(16(12)6-11)8-13-14(18)2-1-3-15(13)19/h1-7,9H,8H2. The van der Waals surface area contributed by atoms with Crippen LogP contribution in [0.5, 0.6) is 0 Å². The van der Waals surface area contributed by atoms with E-state index in [1.807, 2.05) is 0 Å². The molecule has 0 atom stereocenters. The number of hydrogen-bond acceptors (Lipinski definition) is 1. The Hall–Kier alpha value is -1.84. The van der Waals surface area contributed by atoms with Crippen molar-refractivity contribution in [2.45, 2.75) is 6.54 Å². The molecule has 106 valence electrons. The summed E-state index contributed by atoms with van der Waals surface area (Å²) in [6.07, 6.45) is 2.45. The largest absolute Gasteiger partial charge is 0.342 e. The minimum Gasteiger partial charge on any atom is -0.342 e. The lowest BCUT2D eigenvalue weighted by atomic mass is 10.2. The van der Waals surface area contributed by atoms with Crippen LogP contribution in [0, 0.1) is 5.82 Å². The fourth-order valence-electron chi connectivity index (χ4n) is 2.37. The first-order valence-electron chi connectivity index (χ1n) is 6.26. The van der Waals surface area contributed by atoms with E-state index in [1.165, 1.54) is 6.07 Å². The third-order valence-corrected chi connectivity index (χ3v) is 3.98. The van der Waals surface area contributed by atoms with Crippen LogP contribution in [0.3, 0.4) is 0 Å². The predicted octanol–water partition coefficient (Wildman–Crippen LogP) is 4.95. The SMILES string of the molecule is O=Cc1cn(Cc2c(F)cccc2Cl)c2cc(Cl)ccc12. The molecule has 2 aromatic carbocycles. The first-order chi connectivity index (χ1) is 10.1. The van der Waals surface area contributed by atoms with E-state index >= 15 is 0 Å². The Morgan fingerprint density at radius 1 is 1.19 bits per heavy atom. The zero-order valence-electron chi connectivity index (χ0n) is 10.8. The monoisotopic (exact) mass is 321 g/mol. The predicted molar refractivity (Wildman–Crippen MR) is 82.8 cm³/mol. The number of aldehydes is 1. The molecule has 3 aromatic rings. The molecule has 1 aromatic heterocycles. The number of hydrogen-bond donors (Lipinski definition) is 0. The summed E-state index contributed by atoms with van der Waals surface area (Å²) in [4.78, 5) is 11.2. The number of carbonyl (C=O) groups is 1. The van der Waals surface area contributed by atoms with Gasteiger partial charge in [-0.15, -0.1) is 0 Å². The van der Waals surface area contributed by atoms with Gasteiger partial charge in [-0.05, 0) is 24.3 Å². The van der Waals surface area contributed by atoms with Crippen molar-refractivity contribution in [3.8, 4) is 0 Å². The van der Waals surface area contributed by atoms with Gasteiger partial charge >= 0.3 is 0 Å². The Morgan fingerprint density at radius 3 is 2.71 bits per heavy atom. The van der Waals surface area contributed by atoms with Gasteiger partial charge in [-0.1, -0.05) is 35.3 Å². The molecule has 0 aliphatic rings. The summed E-state index contributed by atoms with van der Waals surface area (Å²) < 4.78 is 15.7. The fourth-order valence-corrected chi connectivity index (χ4v) is 2.76. The van der Waals surface area contributed by atoms with Gasteiger partial charge in [-0.2, -0.15) is 0 Å². The normalized spacial score (nSPS) is 11.0. The molecule has 0 N–H and O–H groups in total. The first kappa shape index (κ1) is 14.1. The van der Waals surface area contributed by atoms with Crippen LogP contribution in [0.4, 0.5) is 4.39 Å². The maximum Gasteiger partial charge on any atom is 0.152 e. The number of carbonyl (C=O) groups excluding carboxylic acids is 1. The van der Waals surface area contributed by atoms with Crippen molar-refractivity contribution in [2.75, 3.05) is 0 Å². The molecule has 1 heterocycles. The summed E-state index contributed by atoms with van der Waals surface area (Å²) in [5.41, 5.74) is 1.69. The van der Waals surface area contributed by atoms with E-state index in [2.05, 4.69) is 0 Å². The van der Waals surface area contributed by atoms with Gasteiger partial charge in [0.25, 0.3) is 0 Å². The maximum absolute atomic E-state index is 13.9. The second-order valence-electron chi connectivity index (χ2n) is 4.69. The Kier molecular flexibility index (Phi) is 3.70. The molecule has 0 aliphatic heterocycles. The van der Waals surface area contributed by atoms with E-state index in [0.29, 0.717) is 21.2 Å². The molecule has 0 bridgehead atoms. The number of benzene rings is 2. The Balaban J connectivity index is 2.17. The van der Waals surface area contributed by atoms with Gasteiger partial charge in [-0.3, -0.25) is 4.79 Å². The van der Waals surface area contributed by atoms with Gasteiger partial charge in [0.1, 0.15) is 5.82 Å². The Bertz CT molecular complexity index is 821. The molecule has 0 unspecified atom stereocenters. The molecule has 0 radical (unpaired) electrons. The number of halogens is 3. The van der Waals surface area contributed by atoms with Crippen LogP contribution in [0.15, 0.2) is 42.6 Å². The van der Waals surface area contributed by atoms with Gasteiger partial charge < -0.3 is 4.57 Å². The van der Waals surface area contributed by atoms with Crippen molar-refractivity contribution >= 4 is 40.4 Å². The van der Waals surface area contributed by atoms with Gasteiger partial charge in [0.2, 0.25) is 0 Å². The van der Waals surface area contributed by atoms with Crippen LogP contribution in [0.2, 0.25) is 10.0 Å². The molecule has 0 saturated heterocycles. The molecule has 0 fully saturated rings. The van der Waals surface area contributed by atoms with Crippen LogP contribution in [0.25, 0.3) is 10.9 Å². The van der Waals surface area contributed by atoms with Crippen molar-refractivity contribution in [3.63, 3.8) is 0 Å². The number of fused-ring (bicyclic) bond motifs is 1. The highest BCUT2D eigenvalue weighted by Gasteiger charge is 2.12.